The van der Waals surface area contributed by atoms with Gasteiger partial charge in [-0.25, -0.2) is 0 Å². The molecule has 0 fully saturated rings. The molecular formula is C19H34OSi. The molecule has 1 aromatic carbocycles. The summed E-state index contributed by atoms with van der Waals surface area (Å²) in [7, 11) is -1.54. The largest absolute Gasteiger partial charge is 0.413 e. The van der Waals surface area contributed by atoms with Crippen LogP contribution in [0.25, 0.3) is 0 Å². The average Bonchev–Trinajstić information content (AvgIpc) is 2.54. The van der Waals surface area contributed by atoms with E-state index in [2.05, 4.69) is 51.1 Å². The summed E-state index contributed by atoms with van der Waals surface area (Å²) in [6.07, 6.45) is 7.91. The van der Waals surface area contributed by atoms with Crippen molar-refractivity contribution in [3.63, 3.8) is 0 Å². The van der Waals surface area contributed by atoms with E-state index in [1.165, 1.54) is 62.2 Å². The molecule has 0 saturated heterocycles. The molecule has 0 bridgehead atoms. The van der Waals surface area contributed by atoms with Gasteiger partial charge in [-0.3, -0.25) is 0 Å². The fraction of sp³-hybridized carbons (Fsp3) is 0.684. The lowest BCUT2D eigenvalue weighted by Gasteiger charge is -2.32. The maximum absolute atomic E-state index is 6.66. The van der Waals surface area contributed by atoms with E-state index in [1.807, 2.05) is 0 Å². The van der Waals surface area contributed by atoms with Gasteiger partial charge in [-0.2, -0.15) is 0 Å². The maximum atomic E-state index is 6.66. The summed E-state index contributed by atoms with van der Waals surface area (Å²) in [5, 5.41) is 0. The second kappa shape index (κ2) is 11.0. The molecule has 0 radical (unpaired) electrons. The first-order valence-corrected chi connectivity index (χ1v) is 11.5. The average molecular weight is 307 g/mol. The molecular weight excluding hydrogens is 272 g/mol. The SMILES string of the molecule is CCCC[Si](CCCC)(CCCC)OCc1ccccc1. The highest BCUT2D eigenvalue weighted by molar-refractivity contribution is 6.73. The topological polar surface area (TPSA) is 9.23 Å². The van der Waals surface area contributed by atoms with Crippen LogP contribution in [0, 0.1) is 0 Å². The Bertz CT molecular complexity index is 328. The minimum Gasteiger partial charge on any atom is -0.413 e. The van der Waals surface area contributed by atoms with Crippen molar-refractivity contribution < 1.29 is 4.43 Å². The third kappa shape index (κ3) is 7.28. The summed E-state index contributed by atoms with van der Waals surface area (Å²) in [4.78, 5) is 0. The molecule has 0 aromatic heterocycles. The van der Waals surface area contributed by atoms with Gasteiger partial charge in [0.1, 0.15) is 0 Å². The lowest BCUT2D eigenvalue weighted by Crippen LogP contribution is -2.38. The highest BCUT2D eigenvalue weighted by Crippen LogP contribution is 2.30. The second-order valence-corrected chi connectivity index (χ2v) is 10.4. The second-order valence-electron chi connectivity index (χ2n) is 6.27. The number of rotatable bonds is 12. The fourth-order valence-electron chi connectivity index (χ4n) is 2.90. The van der Waals surface area contributed by atoms with Gasteiger partial charge < -0.3 is 4.43 Å². The van der Waals surface area contributed by atoms with Gasteiger partial charge in [0.25, 0.3) is 0 Å². The quantitative estimate of drug-likeness (QED) is 0.398. The van der Waals surface area contributed by atoms with Gasteiger partial charge in [0.15, 0.2) is 8.32 Å². The van der Waals surface area contributed by atoms with Crippen LogP contribution in [0.4, 0.5) is 0 Å². The van der Waals surface area contributed by atoms with Gasteiger partial charge in [0.2, 0.25) is 0 Å². The third-order valence-corrected chi connectivity index (χ3v) is 8.90. The zero-order valence-electron chi connectivity index (χ0n) is 14.4. The first-order chi connectivity index (χ1) is 10.3. The Hall–Kier alpha value is -0.603. The van der Waals surface area contributed by atoms with E-state index < -0.39 is 8.32 Å². The molecule has 0 aliphatic carbocycles. The van der Waals surface area contributed by atoms with Crippen molar-refractivity contribution in [1.82, 2.24) is 0 Å². The van der Waals surface area contributed by atoms with Crippen molar-refractivity contribution in [2.45, 2.75) is 84.0 Å². The van der Waals surface area contributed by atoms with E-state index in [1.54, 1.807) is 0 Å². The highest BCUT2D eigenvalue weighted by atomic mass is 28.4. The molecule has 0 heterocycles. The lowest BCUT2D eigenvalue weighted by molar-refractivity contribution is 0.281. The van der Waals surface area contributed by atoms with E-state index in [0.717, 1.165) is 6.61 Å². The Morgan fingerprint density at radius 1 is 0.762 bits per heavy atom. The monoisotopic (exact) mass is 306 g/mol. The molecule has 120 valence electrons. The van der Waals surface area contributed by atoms with Crippen LogP contribution in [0.1, 0.15) is 64.9 Å². The molecule has 1 aromatic rings. The molecule has 1 nitrogen and oxygen atoms in total. The van der Waals surface area contributed by atoms with Crippen LogP contribution < -0.4 is 0 Å². The Morgan fingerprint density at radius 3 is 1.67 bits per heavy atom. The summed E-state index contributed by atoms with van der Waals surface area (Å²) in [6, 6.07) is 14.8. The summed E-state index contributed by atoms with van der Waals surface area (Å²) in [5.41, 5.74) is 1.33. The molecule has 2 heteroatoms. The van der Waals surface area contributed by atoms with Gasteiger partial charge in [0, 0.05) is 0 Å². The summed E-state index contributed by atoms with van der Waals surface area (Å²) < 4.78 is 6.66. The molecule has 0 spiro atoms. The van der Waals surface area contributed by atoms with Crippen molar-refractivity contribution in [1.29, 1.82) is 0 Å². The number of benzene rings is 1. The van der Waals surface area contributed by atoms with E-state index in [-0.39, 0.29) is 0 Å². The van der Waals surface area contributed by atoms with Crippen molar-refractivity contribution in [2.24, 2.45) is 0 Å². The van der Waals surface area contributed by atoms with Crippen LogP contribution in [0.2, 0.25) is 18.1 Å². The molecule has 1 rings (SSSR count). The minimum atomic E-state index is -1.54. The fourth-order valence-corrected chi connectivity index (χ4v) is 7.55. The van der Waals surface area contributed by atoms with E-state index in [9.17, 15) is 0 Å². The molecule has 0 unspecified atom stereocenters. The highest BCUT2D eigenvalue weighted by Gasteiger charge is 2.33. The summed E-state index contributed by atoms with van der Waals surface area (Å²) in [6.45, 7) is 7.73. The lowest BCUT2D eigenvalue weighted by atomic mass is 10.2. The summed E-state index contributed by atoms with van der Waals surface area (Å²) >= 11 is 0. The molecule has 21 heavy (non-hydrogen) atoms. The minimum absolute atomic E-state index is 0.824. The Kier molecular flexibility index (Phi) is 9.69. The van der Waals surface area contributed by atoms with Crippen molar-refractivity contribution in [2.75, 3.05) is 0 Å². The zero-order valence-corrected chi connectivity index (χ0v) is 15.4. The van der Waals surface area contributed by atoms with Crippen molar-refractivity contribution >= 4 is 8.32 Å². The Morgan fingerprint density at radius 2 is 1.24 bits per heavy atom. The third-order valence-electron chi connectivity index (χ3n) is 4.35. The molecule has 0 aliphatic rings. The molecule has 0 saturated carbocycles. The van der Waals surface area contributed by atoms with Crippen LogP contribution in [-0.4, -0.2) is 8.32 Å². The van der Waals surface area contributed by atoms with E-state index >= 15 is 0 Å². The van der Waals surface area contributed by atoms with Gasteiger partial charge in [-0.05, 0) is 23.7 Å². The van der Waals surface area contributed by atoms with Crippen molar-refractivity contribution in [3.8, 4) is 0 Å². The maximum Gasteiger partial charge on any atom is 0.193 e. The first-order valence-electron chi connectivity index (χ1n) is 8.94. The first kappa shape index (κ1) is 18.4. The van der Waals surface area contributed by atoms with E-state index in [4.69, 9.17) is 4.43 Å². The zero-order chi connectivity index (χ0) is 15.4. The predicted octanol–water partition coefficient (Wildman–Crippen LogP) is 6.55. The van der Waals surface area contributed by atoms with Crippen LogP contribution >= 0.6 is 0 Å². The molecule has 0 amide bonds. The predicted molar refractivity (Wildman–Crippen MR) is 96.1 cm³/mol. The van der Waals surface area contributed by atoms with Gasteiger partial charge in [0.05, 0.1) is 6.61 Å². The van der Waals surface area contributed by atoms with Crippen LogP contribution in [-0.2, 0) is 11.0 Å². The van der Waals surface area contributed by atoms with Crippen LogP contribution in [0.15, 0.2) is 30.3 Å². The van der Waals surface area contributed by atoms with Gasteiger partial charge >= 0.3 is 0 Å². The smallest absolute Gasteiger partial charge is 0.193 e. The van der Waals surface area contributed by atoms with Gasteiger partial charge in [-0.15, -0.1) is 0 Å². The Labute approximate surface area is 133 Å². The summed E-state index contributed by atoms with van der Waals surface area (Å²) in [5.74, 6) is 0. The normalized spacial score (nSPS) is 11.8. The van der Waals surface area contributed by atoms with E-state index in [0.29, 0.717) is 0 Å². The van der Waals surface area contributed by atoms with Gasteiger partial charge in [-0.1, -0.05) is 89.6 Å². The molecule has 0 N–H and O–H groups in total. The van der Waals surface area contributed by atoms with Crippen LogP contribution in [0.3, 0.4) is 0 Å². The van der Waals surface area contributed by atoms with Crippen LogP contribution in [0.5, 0.6) is 0 Å². The standard InChI is InChI=1S/C19H34OSi/c1-4-7-15-21(16-8-5-2,17-9-6-3)20-18-19-13-11-10-12-14-19/h10-14H,4-9,15-18H2,1-3H3. The number of unbranched alkanes of at least 4 members (excludes halogenated alkanes) is 3. The molecule has 0 aliphatic heterocycles. The van der Waals surface area contributed by atoms with Crippen molar-refractivity contribution in [3.05, 3.63) is 35.9 Å². The number of hydrogen-bond acceptors (Lipinski definition) is 1. The Balaban J connectivity index is 2.69. The number of hydrogen-bond donors (Lipinski definition) is 0. The molecule has 0 atom stereocenters.